The first-order valence-electron chi connectivity index (χ1n) is 17.1. The molecule has 2 fully saturated rings. The number of hydrogen-bond acceptors (Lipinski definition) is 10. The van der Waals surface area contributed by atoms with Crippen molar-refractivity contribution >= 4 is 40.2 Å². The molecule has 0 aliphatic heterocycles. The summed E-state index contributed by atoms with van der Waals surface area (Å²) in [6.45, 7) is 7.03. The topological polar surface area (TPSA) is 160 Å². The molecule has 4 aromatic rings. The van der Waals surface area contributed by atoms with Crippen molar-refractivity contribution < 1.29 is 23.1 Å². The quantitative estimate of drug-likeness (QED) is 0.114. The van der Waals surface area contributed by atoms with Crippen LogP contribution in [0.15, 0.2) is 65.8 Å². The third kappa shape index (κ3) is 9.52. The number of aromatic carboxylic acids is 1. The van der Waals surface area contributed by atoms with Crippen molar-refractivity contribution in [1.82, 2.24) is 25.3 Å². The van der Waals surface area contributed by atoms with Crippen molar-refractivity contribution in [3.05, 3.63) is 83.3 Å². The molecule has 0 amide bonds. The van der Waals surface area contributed by atoms with Gasteiger partial charge in [0.1, 0.15) is 12.4 Å². The Balaban J connectivity index is 0.00000504. The molecule has 6 rings (SSSR count). The maximum atomic E-state index is 13.4. The molecule has 2 heterocycles. The van der Waals surface area contributed by atoms with Gasteiger partial charge in [0, 0.05) is 43.5 Å². The number of carboxylic acid groups (broad SMARTS) is 1. The van der Waals surface area contributed by atoms with E-state index in [2.05, 4.69) is 43.9 Å². The molecule has 0 spiro atoms. The van der Waals surface area contributed by atoms with Gasteiger partial charge in [-0.3, -0.25) is 4.98 Å². The predicted molar refractivity (Wildman–Crippen MR) is 199 cm³/mol. The average molecular weight is 736 g/mol. The molecule has 2 aromatic carbocycles. The van der Waals surface area contributed by atoms with Crippen molar-refractivity contribution in [2.45, 2.75) is 89.2 Å². The summed E-state index contributed by atoms with van der Waals surface area (Å²) < 4.78 is 35.6. The standard InChI is InChI=1S/C37H45N7O5S.ClH/c1-24-8-5-9-25(2)34(24)31-19-33(42-36(41-31)43-50(47,48)30-13-6-10-26(18-30)35(45)46)49-23-27(14-15-37(3)16-17-37)39-21-28-20-38-22-32(40-28)44(4)29-11-7-12-29;/h5-6,8-10,13,18-20,22,27,29,39H,7,11-12,14-17,21,23H2,1-4H3,(H,45,46)(H,41,42,43);1H. The summed E-state index contributed by atoms with van der Waals surface area (Å²) in [5.41, 5.74) is 4.30. The predicted octanol–water partition coefficient (Wildman–Crippen LogP) is 6.58. The number of ether oxygens (including phenoxy) is 1. The first-order chi connectivity index (χ1) is 23.9. The molecule has 272 valence electrons. The zero-order chi connectivity index (χ0) is 35.5. The molecule has 1 unspecified atom stereocenters. The molecule has 51 heavy (non-hydrogen) atoms. The van der Waals surface area contributed by atoms with E-state index in [0.29, 0.717) is 23.7 Å². The van der Waals surface area contributed by atoms with E-state index in [1.165, 1.54) is 50.3 Å². The van der Waals surface area contributed by atoms with E-state index in [-0.39, 0.29) is 47.3 Å². The summed E-state index contributed by atoms with van der Waals surface area (Å²) in [6.07, 6.45) is 11.5. The van der Waals surface area contributed by atoms with Gasteiger partial charge in [0.05, 0.1) is 28.0 Å². The van der Waals surface area contributed by atoms with Crippen molar-refractivity contribution in [2.24, 2.45) is 5.41 Å². The van der Waals surface area contributed by atoms with Crippen LogP contribution in [0, 0.1) is 19.3 Å². The van der Waals surface area contributed by atoms with Gasteiger partial charge in [0.25, 0.3) is 10.0 Å². The SMILES string of the molecule is Cc1cccc(C)c1-c1cc(OCC(CCC2(C)CC2)NCc2cncc(N(C)C3CCC3)n2)nc(NS(=O)(=O)c2cccc(C(=O)O)c2)n1.Cl. The van der Waals surface area contributed by atoms with Gasteiger partial charge in [-0.25, -0.2) is 27.9 Å². The molecule has 2 aliphatic rings. The highest BCUT2D eigenvalue weighted by Gasteiger charge is 2.37. The number of anilines is 2. The van der Waals surface area contributed by atoms with Crippen molar-refractivity contribution in [2.75, 3.05) is 23.3 Å². The largest absolute Gasteiger partial charge is 0.478 e. The summed E-state index contributed by atoms with van der Waals surface area (Å²) in [6, 6.07) is 13.2. The Labute approximate surface area is 306 Å². The van der Waals surface area contributed by atoms with Crippen LogP contribution in [0.3, 0.4) is 0 Å². The lowest BCUT2D eigenvalue weighted by Gasteiger charge is -2.35. The zero-order valence-corrected chi connectivity index (χ0v) is 31.1. The van der Waals surface area contributed by atoms with E-state index in [1.54, 1.807) is 12.3 Å². The minimum atomic E-state index is -4.23. The van der Waals surface area contributed by atoms with Gasteiger partial charge < -0.3 is 20.1 Å². The number of rotatable bonds is 16. The number of carboxylic acids is 1. The molecular formula is C37H46ClN7O5S. The number of aryl methyl sites for hydroxylation is 2. The monoisotopic (exact) mass is 735 g/mol. The van der Waals surface area contributed by atoms with Gasteiger partial charge >= 0.3 is 5.97 Å². The van der Waals surface area contributed by atoms with Gasteiger partial charge in [-0.15, -0.1) is 12.4 Å². The van der Waals surface area contributed by atoms with Gasteiger partial charge in [0.2, 0.25) is 11.8 Å². The second-order valence-corrected chi connectivity index (χ2v) is 15.6. The van der Waals surface area contributed by atoms with Gasteiger partial charge in [-0.05, 0) is 93.5 Å². The second kappa shape index (κ2) is 15.9. The maximum absolute atomic E-state index is 13.4. The van der Waals surface area contributed by atoms with Crippen molar-refractivity contribution in [3.8, 4) is 17.1 Å². The fourth-order valence-electron chi connectivity index (χ4n) is 6.14. The first-order valence-corrected chi connectivity index (χ1v) is 18.6. The Morgan fingerprint density at radius 3 is 2.45 bits per heavy atom. The number of hydrogen-bond donors (Lipinski definition) is 3. The number of carbonyl (C=O) groups is 1. The van der Waals surface area contributed by atoms with Crippen molar-refractivity contribution in [3.63, 3.8) is 0 Å². The molecule has 12 nitrogen and oxygen atoms in total. The summed E-state index contributed by atoms with van der Waals surface area (Å²) in [5.74, 6) is -0.330. The Morgan fingerprint density at radius 1 is 1.06 bits per heavy atom. The fourth-order valence-corrected chi connectivity index (χ4v) is 7.13. The van der Waals surface area contributed by atoms with Gasteiger partial charge in [-0.1, -0.05) is 31.2 Å². The lowest BCUT2D eigenvalue weighted by atomic mass is 9.92. The van der Waals surface area contributed by atoms with Crippen LogP contribution in [0.4, 0.5) is 11.8 Å². The molecule has 2 aliphatic carbocycles. The first kappa shape index (κ1) is 37.9. The number of halogens is 1. The highest BCUT2D eigenvalue weighted by Crippen LogP contribution is 2.49. The van der Waals surface area contributed by atoms with Gasteiger partial charge in [-0.2, -0.15) is 4.98 Å². The van der Waals surface area contributed by atoms with Crippen LogP contribution in [0.25, 0.3) is 11.3 Å². The van der Waals surface area contributed by atoms with Crippen LogP contribution in [0.2, 0.25) is 0 Å². The Morgan fingerprint density at radius 2 is 1.78 bits per heavy atom. The minimum absolute atomic E-state index is 0. The molecule has 2 saturated carbocycles. The van der Waals surface area contributed by atoms with E-state index < -0.39 is 16.0 Å². The normalized spacial score (nSPS) is 15.6. The van der Waals surface area contributed by atoms with E-state index in [0.717, 1.165) is 47.1 Å². The number of aromatic nitrogens is 4. The Bertz CT molecular complexity index is 1950. The number of benzene rings is 2. The molecule has 0 radical (unpaired) electrons. The van der Waals surface area contributed by atoms with Crippen LogP contribution in [-0.4, -0.2) is 65.2 Å². The zero-order valence-electron chi connectivity index (χ0n) is 29.4. The van der Waals surface area contributed by atoms with E-state index >= 15 is 0 Å². The highest BCUT2D eigenvalue weighted by atomic mass is 35.5. The molecular weight excluding hydrogens is 690 g/mol. The molecule has 0 bridgehead atoms. The van der Waals surface area contributed by atoms with Crippen LogP contribution in [0.5, 0.6) is 5.88 Å². The lowest BCUT2D eigenvalue weighted by Crippen LogP contribution is -2.38. The van der Waals surface area contributed by atoms with Crippen LogP contribution in [0.1, 0.15) is 79.0 Å². The molecule has 3 N–H and O–H groups in total. The number of nitrogens with one attached hydrogen (secondary N) is 2. The Hall–Kier alpha value is -4.33. The van der Waals surface area contributed by atoms with Crippen LogP contribution < -0.4 is 19.7 Å². The summed E-state index contributed by atoms with van der Waals surface area (Å²) in [5, 5.41) is 13.0. The van der Waals surface area contributed by atoms with Crippen LogP contribution in [-0.2, 0) is 16.6 Å². The summed E-state index contributed by atoms with van der Waals surface area (Å²) in [4.78, 5) is 31.9. The molecule has 14 heteroatoms. The Kier molecular flexibility index (Phi) is 11.8. The highest BCUT2D eigenvalue weighted by molar-refractivity contribution is 7.92. The van der Waals surface area contributed by atoms with E-state index in [1.807, 2.05) is 38.2 Å². The van der Waals surface area contributed by atoms with Crippen molar-refractivity contribution in [1.29, 1.82) is 0 Å². The van der Waals surface area contributed by atoms with Gasteiger partial charge in [0.15, 0.2) is 0 Å². The number of nitrogens with zero attached hydrogens (tertiary/aromatic N) is 5. The van der Waals surface area contributed by atoms with Crippen LogP contribution >= 0.6 is 12.4 Å². The number of sulfonamides is 1. The maximum Gasteiger partial charge on any atom is 0.335 e. The molecule has 0 saturated heterocycles. The third-order valence-electron chi connectivity index (χ3n) is 9.92. The minimum Gasteiger partial charge on any atom is -0.478 e. The third-order valence-corrected chi connectivity index (χ3v) is 11.2. The summed E-state index contributed by atoms with van der Waals surface area (Å²) >= 11 is 0. The summed E-state index contributed by atoms with van der Waals surface area (Å²) in [7, 11) is -2.15. The second-order valence-electron chi connectivity index (χ2n) is 13.9. The molecule has 2 aromatic heterocycles. The average Bonchev–Trinajstić information content (AvgIpc) is 3.80. The van der Waals surface area contributed by atoms with E-state index in [4.69, 9.17) is 9.72 Å². The molecule has 1 atom stereocenters. The van der Waals surface area contributed by atoms with E-state index in [9.17, 15) is 18.3 Å². The fraction of sp³-hybridized carbons (Fsp3) is 0.432. The smallest absolute Gasteiger partial charge is 0.335 e. The lowest BCUT2D eigenvalue weighted by molar-refractivity contribution is 0.0696.